The van der Waals surface area contributed by atoms with Gasteiger partial charge in [-0.05, 0) is 23.8 Å². The quantitative estimate of drug-likeness (QED) is 0.556. The zero-order chi connectivity index (χ0) is 14.8. The molecular formula is C15H12ClN3O2. The number of nitrogens with one attached hydrogen (secondary N) is 2. The van der Waals surface area contributed by atoms with Crippen LogP contribution in [0.2, 0.25) is 5.02 Å². The summed E-state index contributed by atoms with van der Waals surface area (Å²) in [5.41, 5.74) is 2.86. The van der Waals surface area contributed by atoms with Crippen molar-refractivity contribution in [3.63, 3.8) is 0 Å². The molecule has 0 atom stereocenters. The Balaban J connectivity index is 1.82. The van der Waals surface area contributed by atoms with Gasteiger partial charge in [0.05, 0.1) is 15.6 Å². The summed E-state index contributed by atoms with van der Waals surface area (Å²) >= 11 is 6.06. The molecule has 0 unspecified atom stereocenters. The number of nitrogens with zero attached hydrogens (tertiary/aromatic N) is 1. The third-order valence-electron chi connectivity index (χ3n) is 3.32. The van der Waals surface area contributed by atoms with Crippen molar-refractivity contribution < 1.29 is 4.92 Å². The van der Waals surface area contributed by atoms with E-state index < -0.39 is 4.92 Å². The van der Waals surface area contributed by atoms with E-state index >= 15 is 0 Å². The Bertz CT molecular complexity index is 814. The highest BCUT2D eigenvalue weighted by molar-refractivity contribution is 6.33. The lowest BCUT2D eigenvalue weighted by Gasteiger charge is -2.09. The van der Waals surface area contributed by atoms with Crippen LogP contribution in [0.4, 0.5) is 11.4 Å². The van der Waals surface area contributed by atoms with Crippen LogP contribution in [0, 0.1) is 10.1 Å². The maximum Gasteiger partial charge on any atom is 0.271 e. The molecule has 2 N–H and O–H groups in total. The Morgan fingerprint density at radius 1 is 1.24 bits per heavy atom. The van der Waals surface area contributed by atoms with E-state index in [0.717, 1.165) is 16.5 Å². The Kier molecular flexibility index (Phi) is 3.50. The standard InChI is InChI=1S/C15H12ClN3O2/c16-13-8-11(19(20)21)4-5-15(13)18-9-10-2-1-3-14-12(10)6-7-17-14/h1-8,17-18H,9H2. The molecule has 0 aliphatic heterocycles. The summed E-state index contributed by atoms with van der Waals surface area (Å²) in [5, 5.41) is 15.4. The Morgan fingerprint density at radius 2 is 2.10 bits per heavy atom. The molecule has 0 aliphatic rings. The van der Waals surface area contributed by atoms with Crippen LogP contribution in [0.15, 0.2) is 48.7 Å². The Hall–Kier alpha value is -2.53. The van der Waals surface area contributed by atoms with Crippen LogP contribution in [-0.2, 0) is 6.54 Å². The topological polar surface area (TPSA) is 71.0 Å². The van der Waals surface area contributed by atoms with Crippen molar-refractivity contribution in [3.05, 3.63) is 69.4 Å². The third kappa shape index (κ3) is 2.68. The highest BCUT2D eigenvalue weighted by Gasteiger charge is 2.09. The fraction of sp³-hybridized carbons (Fsp3) is 0.0667. The van der Waals surface area contributed by atoms with Gasteiger partial charge in [0, 0.05) is 35.8 Å². The minimum atomic E-state index is -0.462. The molecule has 1 aromatic heterocycles. The highest BCUT2D eigenvalue weighted by Crippen LogP contribution is 2.27. The van der Waals surface area contributed by atoms with E-state index in [9.17, 15) is 10.1 Å². The van der Waals surface area contributed by atoms with E-state index in [-0.39, 0.29) is 5.69 Å². The third-order valence-corrected chi connectivity index (χ3v) is 3.63. The van der Waals surface area contributed by atoms with Crippen molar-refractivity contribution in [2.24, 2.45) is 0 Å². The first-order valence-corrected chi connectivity index (χ1v) is 6.76. The molecule has 0 aliphatic carbocycles. The predicted octanol–water partition coefficient (Wildman–Crippen LogP) is 4.34. The van der Waals surface area contributed by atoms with E-state index in [0.29, 0.717) is 17.3 Å². The average molecular weight is 302 g/mol. The van der Waals surface area contributed by atoms with Gasteiger partial charge in [0.1, 0.15) is 0 Å². The first kappa shape index (κ1) is 13.5. The van der Waals surface area contributed by atoms with Crippen LogP contribution >= 0.6 is 11.6 Å². The summed E-state index contributed by atoms with van der Waals surface area (Å²) in [4.78, 5) is 13.4. The number of nitro benzene ring substituents is 1. The molecule has 21 heavy (non-hydrogen) atoms. The van der Waals surface area contributed by atoms with E-state index in [1.807, 2.05) is 30.5 Å². The lowest BCUT2D eigenvalue weighted by molar-refractivity contribution is -0.384. The first-order chi connectivity index (χ1) is 10.1. The summed E-state index contributed by atoms with van der Waals surface area (Å²) < 4.78 is 0. The molecule has 106 valence electrons. The molecule has 0 radical (unpaired) electrons. The van der Waals surface area contributed by atoms with Crippen molar-refractivity contribution in [1.82, 2.24) is 4.98 Å². The number of anilines is 1. The van der Waals surface area contributed by atoms with Crippen LogP contribution in [0.25, 0.3) is 10.9 Å². The SMILES string of the molecule is O=[N+]([O-])c1ccc(NCc2cccc3[nH]ccc23)c(Cl)c1. The van der Waals surface area contributed by atoms with E-state index in [1.54, 1.807) is 6.07 Å². The second-order valence-electron chi connectivity index (χ2n) is 4.63. The molecular weight excluding hydrogens is 290 g/mol. The maximum atomic E-state index is 10.7. The molecule has 0 saturated carbocycles. The summed E-state index contributed by atoms with van der Waals surface area (Å²) in [6.45, 7) is 0.590. The number of aromatic amines is 1. The minimum Gasteiger partial charge on any atom is -0.380 e. The van der Waals surface area contributed by atoms with Gasteiger partial charge in [0.2, 0.25) is 0 Å². The maximum absolute atomic E-state index is 10.7. The van der Waals surface area contributed by atoms with E-state index in [4.69, 9.17) is 11.6 Å². The number of hydrogen-bond donors (Lipinski definition) is 2. The Labute approximate surface area is 125 Å². The van der Waals surface area contributed by atoms with Gasteiger partial charge in [-0.15, -0.1) is 0 Å². The minimum absolute atomic E-state index is 0.0155. The molecule has 3 aromatic rings. The van der Waals surface area contributed by atoms with Crippen LogP contribution in [-0.4, -0.2) is 9.91 Å². The summed E-state index contributed by atoms with van der Waals surface area (Å²) in [6.07, 6.45) is 1.90. The average Bonchev–Trinajstić information content (AvgIpc) is 2.94. The molecule has 5 nitrogen and oxygen atoms in total. The van der Waals surface area contributed by atoms with Crippen LogP contribution < -0.4 is 5.32 Å². The van der Waals surface area contributed by atoms with Crippen LogP contribution in [0.3, 0.4) is 0 Å². The number of aromatic nitrogens is 1. The van der Waals surface area contributed by atoms with Crippen molar-refractivity contribution in [3.8, 4) is 0 Å². The number of rotatable bonds is 4. The summed E-state index contributed by atoms with van der Waals surface area (Å²) in [5.74, 6) is 0. The van der Waals surface area contributed by atoms with Crippen molar-refractivity contribution >= 4 is 33.9 Å². The van der Waals surface area contributed by atoms with Gasteiger partial charge >= 0.3 is 0 Å². The second kappa shape index (κ2) is 5.46. The smallest absolute Gasteiger partial charge is 0.271 e. The van der Waals surface area contributed by atoms with E-state index in [1.165, 1.54) is 12.1 Å². The normalized spacial score (nSPS) is 10.7. The fourth-order valence-corrected chi connectivity index (χ4v) is 2.50. The molecule has 3 rings (SSSR count). The number of halogens is 1. The van der Waals surface area contributed by atoms with Gasteiger partial charge in [0.15, 0.2) is 0 Å². The number of benzene rings is 2. The second-order valence-corrected chi connectivity index (χ2v) is 5.04. The number of H-pyrrole nitrogens is 1. The van der Waals surface area contributed by atoms with Crippen LogP contribution in [0.5, 0.6) is 0 Å². The van der Waals surface area contributed by atoms with Crippen molar-refractivity contribution in [2.75, 3.05) is 5.32 Å². The van der Waals surface area contributed by atoms with Gasteiger partial charge in [-0.2, -0.15) is 0 Å². The first-order valence-electron chi connectivity index (χ1n) is 6.38. The molecule has 0 bridgehead atoms. The molecule has 0 amide bonds. The highest BCUT2D eigenvalue weighted by atomic mass is 35.5. The van der Waals surface area contributed by atoms with E-state index in [2.05, 4.69) is 10.3 Å². The molecule has 1 heterocycles. The van der Waals surface area contributed by atoms with Crippen LogP contribution in [0.1, 0.15) is 5.56 Å². The largest absolute Gasteiger partial charge is 0.380 e. The van der Waals surface area contributed by atoms with Crippen molar-refractivity contribution in [2.45, 2.75) is 6.54 Å². The van der Waals surface area contributed by atoms with Gasteiger partial charge in [-0.3, -0.25) is 10.1 Å². The lowest BCUT2D eigenvalue weighted by atomic mass is 10.1. The van der Waals surface area contributed by atoms with Gasteiger partial charge < -0.3 is 10.3 Å². The van der Waals surface area contributed by atoms with Gasteiger partial charge in [0.25, 0.3) is 5.69 Å². The predicted molar refractivity (Wildman–Crippen MR) is 83.7 cm³/mol. The molecule has 6 heteroatoms. The molecule has 2 aromatic carbocycles. The number of non-ortho nitro benzene ring substituents is 1. The van der Waals surface area contributed by atoms with Gasteiger partial charge in [-0.1, -0.05) is 23.7 Å². The monoisotopic (exact) mass is 301 g/mol. The number of hydrogen-bond acceptors (Lipinski definition) is 3. The summed E-state index contributed by atoms with van der Waals surface area (Å²) in [6, 6.07) is 12.4. The number of fused-ring (bicyclic) bond motifs is 1. The molecule has 0 fully saturated rings. The fourth-order valence-electron chi connectivity index (χ4n) is 2.26. The molecule has 0 spiro atoms. The van der Waals surface area contributed by atoms with Crippen molar-refractivity contribution in [1.29, 1.82) is 0 Å². The zero-order valence-electron chi connectivity index (χ0n) is 11.0. The zero-order valence-corrected chi connectivity index (χ0v) is 11.7. The summed E-state index contributed by atoms with van der Waals surface area (Å²) in [7, 11) is 0. The lowest BCUT2D eigenvalue weighted by Crippen LogP contribution is -2.00. The Morgan fingerprint density at radius 3 is 2.86 bits per heavy atom. The van der Waals surface area contributed by atoms with Gasteiger partial charge in [-0.25, -0.2) is 0 Å². The number of nitro groups is 1. The molecule has 0 saturated heterocycles.